The van der Waals surface area contributed by atoms with Gasteiger partial charge in [-0.3, -0.25) is 0 Å². The molecule has 0 heterocycles. The number of allylic oxidation sites excluding steroid dienone is 2. The average molecular weight is 620 g/mol. The molecule has 1 unspecified atom stereocenters. The van der Waals surface area contributed by atoms with Crippen LogP contribution in [-0.2, 0) is 0 Å². The molecule has 1 aliphatic carbocycles. The summed E-state index contributed by atoms with van der Waals surface area (Å²) in [5.74, 6) is 0. The Hall–Kier alpha value is 3.10. The summed E-state index contributed by atoms with van der Waals surface area (Å²) in [5.41, 5.74) is 0. The Bertz CT molecular complexity index is 240. The van der Waals surface area contributed by atoms with E-state index in [0.717, 1.165) is 8.96 Å². The van der Waals surface area contributed by atoms with Crippen LogP contribution in [-0.4, -0.2) is 11.3 Å². The molecular weight excluding hydrogens is 619 g/mol. The zero-order valence-corrected chi connectivity index (χ0v) is 16.3. The predicted octanol–water partition coefficient (Wildman–Crippen LogP) is 5.74. The van der Waals surface area contributed by atoms with E-state index in [1.54, 1.807) is 0 Å². The van der Waals surface area contributed by atoms with E-state index < -0.39 is 0 Å². The Morgan fingerprint density at radius 1 is 1.00 bits per heavy atom. The quantitative estimate of drug-likeness (QED) is 0.304. The number of rotatable bonds is 0. The highest BCUT2D eigenvalue weighted by atomic mass is 79.9. The largest absolute Gasteiger partial charge is 0.139 e. The van der Waals surface area contributed by atoms with Crippen LogP contribution in [0.1, 0.15) is 0 Å². The molecule has 0 aromatic rings. The van der Waals surface area contributed by atoms with Crippen LogP contribution in [0.4, 0.5) is 0 Å². The highest BCUT2D eigenvalue weighted by Crippen LogP contribution is 2.65. The fourth-order valence-corrected chi connectivity index (χ4v) is 6.82. The second-order valence-electron chi connectivity index (χ2n) is 2.22. The van der Waals surface area contributed by atoms with Crippen LogP contribution in [0.2, 0.25) is 0 Å². The Kier molecular flexibility index (Phi) is 4.57. The summed E-state index contributed by atoms with van der Waals surface area (Å²) in [6, 6.07) is 0. The predicted molar refractivity (Wildman–Crippen MR) is 78.8 cm³/mol. The summed E-state index contributed by atoms with van der Waals surface area (Å²) in [5, 5.41) is 0. The van der Waals surface area contributed by atoms with Crippen LogP contribution < -0.4 is 0 Å². The second-order valence-corrected chi connectivity index (χ2v) is 11.8. The van der Waals surface area contributed by atoms with Crippen molar-refractivity contribution in [2.24, 2.45) is 0 Å². The molecule has 1 aliphatic rings. The Labute approximate surface area is 130 Å². The van der Waals surface area contributed by atoms with Crippen LogP contribution >= 0.6 is 112 Å². The van der Waals surface area contributed by atoms with Crippen molar-refractivity contribution in [1.82, 2.24) is 0 Å². The zero-order valence-electron chi connectivity index (χ0n) is 5.22. The first-order valence-corrected chi connectivity index (χ1v) is 8.35. The normalized spacial score (nSPS) is 32.8. The molecule has 0 amide bonds. The average Bonchev–Trinajstić information content (AvgIpc) is 2.05. The van der Waals surface area contributed by atoms with Crippen LogP contribution in [0.3, 0.4) is 0 Å². The van der Waals surface area contributed by atoms with Crippen LogP contribution in [0.5, 0.6) is 0 Å². The van der Waals surface area contributed by atoms with E-state index in [2.05, 4.69) is 112 Å². The summed E-state index contributed by atoms with van der Waals surface area (Å²) < 4.78 is 1.43. The summed E-state index contributed by atoms with van der Waals surface area (Å²) >= 11 is 24.8. The molecule has 0 aromatic carbocycles. The Morgan fingerprint density at radius 3 is 1.50 bits per heavy atom. The van der Waals surface area contributed by atoms with Crippen molar-refractivity contribution in [3.05, 3.63) is 8.96 Å². The molecule has 0 spiro atoms. The molecule has 0 N–H and O–H groups in total. The number of hydrogen-bond donors (Lipinski definition) is 0. The van der Waals surface area contributed by atoms with Gasteiger partial charge >= 0.3 is 0 Å². The van der Waals surface area contributed by atoms with Gasteiger partial charge in [0, 0.05) is 8.96 Å². The van der Waals surface area contributed by atoms with Gasteiger partial charge in [-0.25, -0.2) is 0 Å². The monoisotopic (exact) mass is 613 g/mol. The van der Waals surface area contributed by atoms with Crippen molar-refractivity contribution in [1.29, 1.82) is 0 Å². The van der Waals surface area contributed by atoms with Crippen LogP contribution in [0.15, 0.2) is 8.96 Å². The minimum atomic E-state index is -0.347. The van der Waals surface area contributed by atoms with E-state index in [1.807, 2.05) is 0 Å². The van der Waals surface area contributed by atoms with Gasteiger partial charge in [0.15, 0.2) is 0 Å². The van der Waals surface area contributed by atoms with Gasteiger partial charge in [0.2, 0.25) is 0 Å². The van der Waals surface area contributed by atoms with Gasteiger partial charge in [-0.15, -0.1) is 0 Å². The molecule has 0 bridgehead atoms. The van der Waals surface area contributed by atoms with Gasteiger partial charge in [-0.05, 0) is 0 Å². The van der Waals surface area contributed by atoms with Crippen molar-refractivity contribution >= 4 is 112 Å². The Balaban J connectivity index is 3.22. The van der Waals surface area contributed by atoms with E-state index >= 15 is 0 Å². The fraction of sp³-hybridized carbons (Fsp3) is 0.600. The maximum atomic E-state index is 3.58. The number of halogens is 7. The Morgan fingerprint density at radius 2 is 1.42 bits per heavy atom. The van der Waals surface area contributed by atoms with Crippen molar-refractivity contribution < 1.29 is 0 Å². The van der Waals surface area contributed by atoms with Crippen molar-refractivity contribution in [2.75, 3.05) is 0 Å². The molecule has 0 saturated carbocycles. The lowest BCUT2D eigenvalue weighted by atomic mass is 10.3. The van der Waals surface area contributed by atoms with E-state index in [-0.39, 0.29) is 11.3 Å². The molecule has 0 aromatic heterocycles. The molecule has 0 radical (unpaired) electrons. The van der Waals surface area contributed by atoms with Crippen molar-refractivity contribution in [3.63, 3.8) is 0 Å². The maximum absolute atomic E-state index is 3.58. The molecule has 1 rings (SSSR count). The smallest absolute Gasteiger partial charge is 0.0807 e. The molecular formula is C5HBr7. The highest BCUT2D eigenvalue weighted by Gasteiger charge is 2.58. The van der Waals surface area contributed by atoms with E-state index in [9.17, 15) is 0 Å². The third-order valence-electron chi connectivity index (χ3n) is 1.44. The molecule has 0 nitrogen and oxygen atoms in total. The molecule has 70 valence electrons. The summed E-state index contributed by atoms with van der Waals surface area (Å²) in [7, 11) is 0. The van der Waals surface area contributed by atoms with Gasteiger partial charge in [0.25, 0.3) is 0 Å². The molecule has 1 atom stereocenters. The first-order chi connectivity index (χ1) is 5.23. The SMILES string of the molecule is BrC1=C(Br)C(Br)(Br)C(Br)(Br)C1Br. The van der Waals surface area contributed by atoms with Gasteiger partial charge in [0.05, 0.1) is 4.83 Å². The van der Waals surface area contributed by atoms with Gasteiger partial charge in [-0.1, -0.05) is 112 Å². The van der Waals surface area contributed by atoms with E-state index in [0.29, 0.717) is 0 Å². The lowest BCUT2D eigenvalue weighted by Crippen LogP contribution is -2.35. The first-order valence-electron chi connectivity index (χ1n) is 2.68. The fourth-order valence-electron chi connectivity index (χ4n) is 0.726. The number of hydrogen-bond acceptors (Lipinski definition) is 0. The van der Waals surface area contributed by atoms with Gasteiger partial charge in [-0.2, -0.15) is 0 Å². The standard InChI is InChI=1S/C5HBr7/c6-1-2(7)4(9,10)5(11,12)3(1)8/h2H. The number of alkyl halides is 5. The van der Waals surface area contributed by atoms with Crippen molar-refractivity contribution in [2.45, 2.75) is 11.3 Å². The highest BCUT2D eigenvalue weighted by molar-refractivity contribution is 9.31. The molecule has 7 heteroatoms. The minimum absolute atomic E-state index is 0.151. The zero-order chi connectivity index (χ0) is 9.73. The van der Waals surface area contributed by atoms with Crippen LogP contribution in [0, 0.1) is 0 Å². The third kappa shape index (κ3) is 1.86. The minimum Gasteiger partial charge on any atom is -0.0807 e. The summed E-state index contributed by atoms with van der Waals surface area (Å²) in [6.07, 6.45) is 0. The molecule has 0 aliphatic heterocycles. The molecule has 12 heavy (non-hydrogen) atoms. The van der Waals surface area contributed by atoms with E-state index in [1.165, 1.54) is 0 Å². The van der Waals surface area contributed by atoms with Crippen molar-refractivity contribution in [3.8, 4) is 0 Å². The molecule has 0 fully saturated rings. The van der Waals surface area contributed by atoms with E-state index in [4.69, 9.17) is 0 Å². The summed E-state index contributed by atoms with van der Waals surface area (Å²) in [6.45, 7) is 0. The van der Waals surface area contributed by atoms with Crippen LogP contribution in [0.25, 0.3) is 0 Å². The lowest BCUT2D eigenvalue weighted by molar-refractivity contribution is 0.933. The lowest BCUT2D eigenvalue weighted by Gasteiger charge is -2.30. The summed E-state index contributed by atoms with van der Waals surface area (Å²) in [4.78, 5) is 0.151. The first kappa shape index (κ1) is 13.2. The van der Waals surface area contributed by atoms with Gasteiger partial charge in [0.1, 0.15) is 6.47 Å². The van der Waals surface area contributed by atoms with Gasteiger partial charge < -0.3 is 0 Å². The topological polar surface area (TPSA) is 0 Å². The third-order valence-corrected chi connectivity index (χ3v) is 14.2. The molecule has 0 saturated heterocycles. The maximum Gasteiger partial charge on any atom is 0.139 e. The second kappa shape index (κ2) is 4.17.